The fraction of sp³-hybridized carbons (Fsp3) is 0.579. The van der Waals surface area contributed by atoms with Crippen molar-refractivity contribution >= 4 is 23.8 Å². The van der Waals surface area contributed by atoms with E-state index in [-0.39, 0.29) is 17.5 Å². The summed E-state index contributed by atoms with van der Waals surface area (Å²) >= 11 is 0. The van der Waals surface area contributed by atoms with E-state index in [1.165, 1.54) is 32.6 Å². The zero-order valence-corrected chi connectivity index (χ0v) is 15.9. The van der Waals surface area contributed by atoms with Gasteiger partial charge < -0.3 is 20.0 Å². The monoisotopic (exact) mass is 349 g/mol. The van der Waals surface area contributed by atoms with Gasteiger partial charge in [0.1, 0.15) is 11.5 Å². The lowest BCUT2D eigenvalue weighted by Crippen LogP contribution is -2.34. The molecule has 2 N–H and O–H groups in total. The highest BCUT2D eigenvalue weighted by molar-refractivity contribution is 6.00. The number of hydrogen-bond acceptors (Lipinski definition) is 4. The molecule has 25 heavy (non-hydrogen) atoms. The average molecular weight is 349 g/mol. The Bertz CT molecular complexity index is 576. The van der Waals surface area contributed by atoms with Crippen LogP contribution in [-0.2, 0) is 9.59 Å². The fourth-order valence-corrected chi connectivity index (χ4v) is 2.35. The number of nitrogens with zero attached hydrogens (tertiary/aromatic N) is 1. The smallest absolute Gasteiger partial charge is 0.267 e. The number of nitrogens with one attached hydrogen (secondary N) is 2. The molecular formula is C19H31N3O3. The molecule has 0 spiro atoms. The maximum absolute atomic E-state index is 12.3. The predicted molar refractivity (Wildman–Crippen MR) is 101 cm³/mol. The Balaban J connectivity index is 2.57. The predicted octanol–water partition coefficient (Wildman–Crippen LogP) is 3.30. The summed E-state index contributed by atoms with van der Waals surface area (Å²) < 4.78 is 5.61. The minimum absolute atomic E-state index is 0.193. The second-order valence-corrected chi connectivity index (χ2v) is 6.33. The number of carbonyl (C=O) groups excluding carboxylic acids is 2. The first-order valence-corrected chi connectivity index (χ1v) is 8.98. The molecule has 0 saturated heterocycles. The van der Waals surface area contributed by atoms with Gasteiger partial charge >= 0.3 is 0 Å². The topological polar surface area (TPSA) is 74.6 Å². The van der Waals surface area contributed by atoms with Gasteiger partial charge in [-0.05, 0) is 12.5 Å². The summed E-state index contributed by atoms with van der Waals surface area (Å²) in [5.74, 6) is 0.606. The molecule has 0 aliphatic heterocycles. The summed E-state index contributed by atoms with van der Waals surface area (Å²) in [6.45, 7) is 4.17. The van der Waals surface area contributed by atoms with E-state index in [2.05, 4.69) is 17.6 Å². The highest BCUT2D eigenvalue weighted by Crippen LogP contribution is 2.18. The molecule has 6 heteroatoms. The Hall–Kier alpha value is -2.24. The summed E-state index contributed by atoms with van der Waals surface area (Å²) in [6, 6.07) is 3.57. The van der Waals surface area contributed by atoms with Crippen LogP contribution in [0.2, 0.25) is 0 Å². The van der Waals surface area contributed by atoms with Crippen molar-refractivity contribution in [2.75, 3.05) is 25.5 Å². The summed E-state index contributed by atoms with van der Waals surface area (Å²) in [6.07, 6.45) is 8.51. The van der Waals surface area contributed by atoms with Gasteiger partial charge in [-0.15, -0.1) is 0 Å². The van der Waals surface area contributed by atoms with E-state index < -0.39 is 0 Å². The van der Waals surface area contributed by atoms with Crippen molar-refractivity contribution in [3.63, 3.8) is 0 Å². The Labute approximate surface area is 150 Å². The standard InChI is InChI=1S/C19H31N3O3/c1-5-6-7-8-9-10-13-20-19(24)17(21-15(2)23)14-16-11-12-18(25-16)22(3)4/h11-12,14H,5-10,13H2,1-4H3,(H,20,24)(H,21,23)/b17-14-. The SMILES string of the molecule is CCCCCCCCNC(=O)/C(=C/c1ccc(N(C)C)o1)NC(C)=O. The lowest BCUT2D eigenvalue weighted by molar-refractivity contribution is -0.122. The minimum atomic E-state index is -0.299. The molecule has 1 aromatic heterocycles. The maximum atomic E-state index is 12.3. The van der Waals surface area contributed by atoms with Crippen LogP contribution in [-0.4, -0.2) is 32.5 Å². The minimum Gasteiger partial charge on any atom is -0.441 e. The molecular weight excluding hydrogens is 318 g/mol. The highest BCUT2D eigenvalue weighted by Gasteiger charge is 2.12. The Morgan fingerprint density at radius 3 is 2.40 bits per heavy atom. The second-order valence-electron chi connectivity index (χ2n) is 6.33. The van der Waals surface area contributed by atoms with Gasteiger partial charge in [0, 0.05) is 39.7 Å². The van der Waals surface area contributed by atoms with E-state index in [0.29, 0.717) is 18.2 Å². The first kappa shape index (κ1) is 20.8. The van der Waals surface area contributed by atoms with Crippen LogP contribution in [0.25, 0.3) is 6.08 Å². The molecule has 6 nitrogen and oxygen atoms in total. The van der Waals surface area contributed by atoms with Crippen molar-refractivity contribution in [1.82, 2.24) is 10.6 Å². The Morgan fingerprint density at radius 1 is 1.12 bits per heavy atom. The number of anilines is 1. The van der Waals surface area contributed by atoms with E-state index in [4.69, 9.17) is 4.42 Å². The molecule has 0 aliphatic carbocycles. The lowest BCUT2D eigenvalue weighted by atomic mass is 10.1. The van der Waals surface area contributed by atoms with E-state index in [1.807, 2.05) is 25.1 Å². The van der Waals surface area contributed by atoms with Crippen LogP contribution in [0.1, 0.15) is 58.1 Å². The van der Waals surface area contributed by atoms with Gasteiger partial charge in [0.15, 0.2) is 5.88 Å². The van der Waals surface area contributed by atoms with Crippen molar-refractivity contribution in [3.8, 4) is 0 Å². The summed E-state index contributed by atoms with van der Waals surface area (Å²) in [5, 5.41) is 5.43. The van der Waals surface area contributed by atoms with Crippen LogP contribution in [0.4, 0.5) is 5.88 Å². The zero-order valence-electron chi connectivity index (χ0n) is 15.9. The molecule has 2 amide bonds. The largest absolute Gasteiger partial charge is 0.441 e. The first-order valence-electron chi connectivity index (χ1n) is 8.98. The van der Waals surface area contributed by atoms with Gasteiger partial charge in [0.25, 0.3) is 5.91 Å². The average Bonchev–Trinajstić information content (AvgIpc) is 3.01. The van der Waals surface area contributed by atoms with Crippen molar-refractivity contribution in [2.45, 2.75) is 52.4 Å². The molecule has 0 unspecified atom stereocenters. The van der Waals surface area contributed by atoms with Gasteiger partial charge in [-0.25, -0.2) is 0 Å². The molecule has 0 saturated carbocycles. The summed E-state index contributed by atoms with van der Waals surface area (Å²) in [4.78, 5) is 25.5. The third-order valence-electron chi connectivity index (χ3n) is 3.71. The van der Waals surface area contributed by atoms with Crippen molar-refractivity contribution in [2.24, 2.45) is 0 Å². The van der Waals surface area contributed by atoms with Gasteiger partial charge in [0.2, 0.25) is 5.91 Å². The number of furan rings is 1. The van der Waals surface area contributed by atoms with Gasteiger partial charge in [-0.2, -0.15) is 0 Å². The third-order valence-corrected chi connectivity index (χ3v) is 3.71. The van der Waals surface area contributed by atoms with Gasteiger partial charge in [0.05, 0.1) is 0 Å². The molecule has 1 heterocycles. The highest BCUT2D eigenvalue weighted by atomic mass is 16.4. The molecule has 0 radical (unpaired) electrons. The number of rotatable bonds is 11. The first-order chi connectivity index (χ1) is 11.9. The molecule has 140 valence electrons. The summed E-state index contributed by atoms with van der Waals surface area (Å²) in [5.41, 5.74) is 0.193. The van der Waals surface area contributed by atoms with Crippen LogP contribution >= 0.6 is 0 Å². The Morgan fingerprint density at radius 2 is 1.80 bits per heavy atom. The molecule has 0 aliphatic rings. The maximum Gasteiger partial charge on any atom is 0.267 e. The molecule has 0 bridgehead atoms. The molecule has 1 rings (SSSR count). The third kappa shape index (κ3) is 8.42. The van der Waals surface area contributed by atoms with E-state index >= 15 is 0 Å². The van der Waals surface area contributed by atoms with E-state index in [0.717, 1.165) is 12.8 Å². The van der Waals surface area contributed by atoms with Crippen LogP contribution < -0.4 is 15.5 Å². The number of amides is 2. The Kier molecular flexibility index (Phi) is 9.43. The summed E-state index contributed by atoms with van der Waals surface area (Å²) in [7, 11) is 3.74. The molecule has 0 aromatic carbocycles. The number of unbranched alkanes of at least 4 members (excludes halogenated alkanes) is 5. The lowest BCUT2D eigenvalue weighted by Gasteiger charge is -2.09. The molecule has 0 fully saturated rings. The molecule has 0 atom stereocenters. The van der Waals surface area contributed by atoms with Crippen molar-refractivity contribution in [1.29, 1.82) is 0 Å². The van der Waals surface area contributed by atoms with Gasteiger partial charge in [-0.1, -0.05) is 39.0 Å². The van der Waals surface area contributed by atoms with Crippen molar-refractivity contribution < 1.29 is 14.0 Å². The van der Waals surface area contributed by atoms with E-state index in [1.54, 1.807) is 12.1 Å². The quantitative estimate of drug-likeness (QED) is 0.475. The van der Waals surface area contributed by atoms with Crippen molar-refractivity contribution in [3.05, 3.63) is 23.6 Å². The number of hydrogen-bond donors (Lipinski definition) is 2. The second kappa shape index (κ2) is 11.3. The zero-order chi connectivity index (χ0) is 18.7. The van der Waals surface area contributed by atoms with Crippen LogP contribution in [0.15, 0.2) is 22.2 Å². The molecule has 1 aromatic rings. The van der Waals surface area contributed by atoms with Crippen LogP contribution in [0.5, 0.6) is 0 Å². The van der Waals surface area contributed by atoms with Gasteiger partial charge in [-0.3, -0.25) is 9.59 Å². The number of carbonyl (C=O) groups is 2. The van der Waals surface area contributed by atoms with Crippen LogP contribution in [0, 0.1) is 0 Å². The van der Waals surface area contributed by atoms with E-state index in [9.17, 15) is 9.59 Å². The fourth-order valence-electron chi connectivity index (χ4n) is 2.35. The van der Waals surface area contributed by atoms with Crippen LogP contribution in [0.3, 0.4) is 0 Å². The normalized spacial score (nSPS) is 11.3.